The summed E-state index contributed by atoms with van der Waals surface area (Å²) in [7, 11) is 0. The molecule has 0 aliphatic heterocycles. The van der Waals surface area contributed by atoms with Crippen molar-refractivity contribution in [3.63, 3.8) is 0 Å². The second-order valence-corrected chi connectivity index (χ2v) is 3.68. The largest absolute Gasteiger partial charge is 0.366 e. The summed E-state index contributed by atoms with van der Waals surface area (Å²) in [6.07, 6.45) is 6.81. The molecule has 1 amide bonds. The van der Waals surface area contributed by atoms with E-state index in [1.807, 2.05) is 13.8 Å². The fourth-order valence-electron chi connectivity index (χ4n) is 1.30. The topological polar surface area (TPSA) is 43.1 Å². The number of halogens is 1. The summed E-state index contributed by atoms with van der Waals surface area (Å²) >= 11 is 0. The molecular weight excluding hydrogens is 217 g/mol. The second-order valence-electron chi connectivity index (χ2n) is 3.68. The molecule has 0 fully saturated rings. The minimum Gasteiger partial charge on any atom is -0.366 e. The number of hydrogen-bond donors (Lipinski definition) is 1. The lowest BCUT2D eigenvalue weighted by Crippen LogP contribution is -2.14. The normalized spacial score (nSPS) is 15.1. The third-order valence-corrected chi connectivity index (χ3v) is 2.41. The molecule has 0 aliphatic rings. The van der Waals surface area contributed by atoms with Gasteiger partial charge in [0, 0.05) is 5.57 Å². The van der Waals surface area contributed by atoms with Crippen LogP contribution in [0.3, 0.4) is 0 Å². The van der Waals surface area contributed by atoms with Crippen molar-refractivity contribution in [3.05, 3.63) is 46.9 Å². The van der Waals surface area contributed by atoms with Crippen molar-refractivity contribution in [1.82, 2.24) is 0 Å². The number of carbonyl (C=O) groups excluding carboxylic acids is 1. The van der Waals surface area contributed by atoms with E-state index >= 15 is 0 Å². The molecule has 0 spiro atoms. The minimum atomic E-state index is -0.555. The van der Waals surface area contributed by atoms with E-state index in [0.29, 0.717) is 11.1 Å². The maximum absolute atomic E-state index is 13.6. The van der Waals surface area contributed by atoms with Crippen molar-refractivity contribution in [2.24, 2.45) is 5.73 Å². The average Bonchev–Trinajstić information content (AvgIpc) is 2.27. The van der Waals surface area contributed by atoms with Crippen LogP contribution in [0.25, 0.3) is 0 Å². The summed E-state index contributed by atoms with van der Waals surface area (Å²) in [6.45, 7) is 7.24. The molecule has 2 N–H and O–H groups in total. The van der Waals surface area contributed by atoms with Gasteiger partial charge in [0.1, 0.15) is 5.83 Å². The van der Waals surface area contributed by atoms with E-state index in [-0.39, 0.29) is 5.83 Å². The standard InChI is InChI=1S/C14H20FNO/c1-5-10(4)8-12(15)9-11(6-2)13(7-3)14(16)17/h6-9H,5H2,1-4H3,(H2,16,17)/b10-8+,11-6+,12-9+,13-7-. The molecule has 17 heavy (non-hydrogen) atoms. The highest BCUT2D eigenvalue weighted by molar-refractivity contribution is 5.97. The number of rotatable bonds is 5. The molecule has 3 heteroatoms. The van der Waals surface area contributed by atoms with Gasteiger partial charge in [0.15, 0.2) is 0 Å². The molecule has 0 radical (unpaired) electrons. The molecular formula is C14H20FNO. The summed E-state index contributed by atoms with van der Waals surface area (Å²) in [6, 6.07) is 0. The van der Waals surface area contributed by atoms with Crippen LogP contribution in [0.2, 0.25) is 0 Å². The lowest BCUT2D eigenvalue weighted by Gasteiger charge is -2.03. The summed E-state index contributed by atoms with van der Waals surface area (Å²) in [5.41, 5.74) is 6.97. The van der Waals surface area contributed by atoms with Gasteiger partial charge in [0.25, 0.3) is 0 Å². The molecule has 0 bridgehead atoms. The molecule has 0 aromatic rings. The van der Waals surface area contributed by atoms with E-state index in [1.165, 1.54) is 12.2 Å². The third kappa shape index (κ3) is 5.29. The van der Waals surface area contributed by atoms with Crippen molar-refractivity contribution < 1.29 is 9.18 Å². The smallest absolute Gasteiger partial charge is 0.248 e. The molecule has 2 nitrogen and oxygen atoms in total. The van der Waals surface area contributed by atoms with Crippen LogP contribution in [0.4, 0.5) is 4.39 Å². The highest BCUT2D eigenvalue weighted by Gasteiger charge is 2.08. The zero-order valence-corrected chi connectivity index (χ0v) is 10.9. The van der Waals surface area contributed by atoms with Gasteiger partial charge in [-0.1, -0.05) is 24.6 Å². The number of amides is 1. The number of allylic oxidation sites excluding steroid dienone is 6. The highest BCUT2D eigenvalue weighted by Crippen LogP contribution is 2.16. The minimum absolute atomic E-state index is 0.324. The van der Waals surface area contributed by atoms with Gasteiger partial charge < -0.3 is 5.73 Å². The lowest BCUT2D eigenvalue weighted by atomic mass is 10.0. The molecule has 0 unspecified atom stereocenters. The highest BCUT2D eigenvalue weighted by atomic mass is 19.1. The van der Waals surface area contributed by atoms with Gasteiger partial charge in [0.2, 0.25) is 5.91 Å². The van der Waals surface area contributed by atoms with E-state index in [2.05, 4.69) is 0 Å². The Bertz CT molecular complexity index is 400. The lowest BCUT2D eigenvalue weighted by molar-refractivity contribution is -0.114. The van der Waals surface area contributed by atoms with Gasteiger partial charge in [-0.25, -0.2) is 4.39 Å². The quantitative estimate of drug-likeness (QED) is 0.576. The summed E-state index contributed by atoms with van der Waals surface area (Å²) < 4.78 is 13.6. The Balaban J connectivity index is 5.21. The second kappa shape index (κ2) is 7.60. The van der Waals surface area contributed by atoms with E-state index in [0.717, 1.165) is 12.0 Å². The molecule has 0 aromatic heterocycles. The van der Waals surface area contributed by atoms with Crippen molar-refractivity contribution in [1.29, 1.82) is 0 Å². The molecule has 0 aromatic carbocycles. The fraction of sp³-hybridized carbons (Fsp3) is 0.357. The van der Waals surface area contributed by atoms with Crippen molar-refractivity contribution in [3.8, 4) is 0 Å². The Kier molecular flexibility index (Phi) is 6.87. The average molecular weight is 237 g/mol. The van der Waals surface area contributed by atoms with Crippen LogP contribution in [0.5, 0.6) is 0 Å². The summed E-state index contributed by atoms with van der Waals surface area (Å²) in [5, 5.41) is 0. The predicted octanol–water partition coefficient (Wildman–Crippen LogP) is 3.57. The van der Waals surface area contributed by atoms with Crippen LogP contribution in [0, 0.1) is 0 Å². The van der Waals surface area contributed by atoms with Crippen molar-refractivity contribution in [2.75, 3.05) is 0 Å². The van der Waals surface area contributed by atoms with E-state index in [1.54, 1.807) is 26.0 Å². The van der Waals surface area contributed by atoms with Gasteiger partial charge in [-0.2, -0.15) is 0 Å². The van der Waals surface area contributed by atoms with Crippen LogP contribution < -0.4 is 5.73 Å². The maximum Gasteiger partial charge on any atom is 0.248 e. The van der Waals surface area contributed by atoms with E-state index in [4.69, 9.17) is 5.73 Å². The predicted molar refractivity (Wildman–Crippen MR) is 69.9 cm³/mol. The van der Waals surface area contributed by atoms with E-state index in [9.17, 15) is 9.18 Å². The Hall–Kier alpha value is -1.64. The molecule has 0 heterocycles. The van der Waals surface area contributed by atoms with Gasteiger partial charge in [-0.15, -0.1) is 0 Å². The molecule has 0 aliphatic carbocycles. The Labute approximate surface area is 102 Å². The van der Waals surface area contributed by atoms with Crippen LogP contribution in [0.15, 0.2) is 46.9 Å². The SMILES string of the molecule is C/C=C(C(N)=O)/C(/C=C(F)\C=C(/C)CC)=C/C. The third-order valence-electron chi connectivity index (χ3n) is 2.41. The van der Waals surface area contributed by atoms with Crippen LogP contribution in [-0.4, -0.2) is 5.91 Å². The summed E-state index contributed by atoms with van der Waals surface area (Å²) in [5.74, 6) is -0.932. The first kappa shape index (κ1) is 15.4. The van der Waals surface area contributed by atoms with Gasteiger partial charge in [-0.05, 0) is 44.9 Å². The number of nitrogens with two attached hydrogens (primary N) is 1. The molecule has 0 saturated heterocycles. The number of primary amides is 1. The first-order chi connectivity index (χ1) is 7.96. The molecule has 0 saturated carbocycles. The first-order valence-corrected chi connectivity index (χ1v) is 5.63. The van der Waals surface area contributed by atoms with E-state index < -0.39 is 5.91 Å². The van der Waals surface area contributed by atoms with Crippen LogP contribution >= 0.6 is 0 Å². The monoisotopic (exact) mass is 237 g/mol. The summed E-state index contributed by atoms with van der Waals surface area (Å²) in [4.78, 5) is 11.1. The van der Waals surface area contributed by atoms with Crippen molar-refractivity contribution >= 4 is 5.91 Å². The zero-order valence-electron chi connectivity index (χ0n) is 10.9. The molecule has 0 atom stereocenters. The maximum atomic E-state index is 13.6. The molecule has 0 rings (SSSR count). The van der Waals surface area contributed by atoms with Crippen molar-refractivity contribution in [2.45, 2.75) is 34.1 Å². The fourth-order valence-corrected chi connectivity index (χ4v) is 1.30. The number of carbonyl (C=O) groups is 1. The van der Waals surface area contributed by atoms with Gasteiger partial charge >= 0.3 is 0 Å². The Morgan fingerprint density at radius 3 is 2.18 bits per heavy atom. The Morgan fingerprint density at radius 2 is 1.82 bits per heavy atom. The first-order valence-electron chi connectivity index (χ1n) is 5.63. The zero-order chi connectivity index (χ0) is 13.4. The number of hydrogen-bond acceptors (Lipinski definition) is 1. The van der Waals surface area contributed by atoms with Crippen LogP contribution in [0.1, 0.15) is 34.1 Å². The molecule has 94 valence electrons. The van der Waals surface area contributed by atoms with Gasteiger partial charge in [0.05, 0.1) is 0 Å². The van der Waals surface area contributed by atoms with Crippen LogP contribution in [-0.2, 0) is 4.79 Å². The Morgan fingerprint density at radius 1 is 1.24 bits per heavy atom. The van der Waals surface area contributed by atoms with Gasteiger partial charge in [-0.3, -0.25) is 4.79 Å².